The highest BCUT2D eigenvalue weighted by atomic mass is 19.1. The molecule has 150 valence electrons. The number of nitrogens with zero attached hydrogens (tertiary/aromatic N) is 5. The summed E-state index contributed by atoms with van der Waals surface area (Å²) in [5, 5.41) is 8.39. The van der Waals surface area contributed by atoms with E-state index in [9.17, 15) is 8.78 Å². The first-order chi connectivity index (χ1) is 14.6. The molecule has 4 heterocycles. The first-order valence-electron chi connectivity index (χ1n) is 9.42. The van der Waals surface area contributed by atoms with Crippen LogP contribution in [0.25, 0.3) is 27.9 Å². The molecule has 0 radical (unpaired) electrons. The highest BCUT2D eigenvalue weighted by Gasteiger charge is 2.13. The van der Waals surface area contributed by atoms with E-state index in [-0.39, 0.29) is 5.82 Å². The largest absolute Gasteiger partial charge is 0.356 e. The number of aromatic nitrogens is 6. The maximum atomic E-state index is 14.0. The molecule has 2 N–H and O–H groups in total. The Kier molecular flexibility index (Phi) is 4.35. The van der Waals surface area contributed by atoms with Gasteiger partial charge in [0.1, 0.15) is 11.6 Å². The van der Waals surface area contributed by atoms with Crippen LogP contribution in [0, 0.1) is 18.6 Å². The van der Waals surface area contributed by atoms with E-state index in [1.54, 1.807) is 22.8 Å². The van der Waals surface area contributed by atoms with Crippen molar-refractivity contribution < 1.29 is 8.78 Å². The van der Waals surface area contributed by atoms with Crippen molar-refractivity contribution in [2.24, 2.45) is 0 Å². The van der Waals surface area contributed by atoms with Crippen LogP contribution >= 0.6 is 0 Å². The van der Waals surface area contributed by atoms with Gasteiger partial charge in [-0.2, -0.15) is 14.6 Å². The molecule has 0 saturated heterocycles. The molecule has 0 fully saturated rings. The van der Waals surface area contributed by atoms with Gasteiger partial charge in [0.15, 0.2) is 11.5 Å². The van der Waals surface area contributed by atoms with Crippen molar-refractivity contribution in [2.75, 3.05) is 11.9 Å². The molecule has 7 nitrogen and oxygen atoms in total. The molecule has 5 rings (SSSR count). The quantitative estimate of drug-likeness (QED) is 0.463. The molecule has 1 aromatic carbocycles. The molecule has 0 spiro atoms. The molecule has 0 amide bonds. The van der Waals surface area contributed by atoms with Gasteiger partial charge < -0.3 is 10.3 Å². The van der Waals surface area contributed by atoms with E-state index in [2.05, 4.69) is 30.4 Å². The van der Waals surface area contributed by atoms with Crippen LogP contribution in [-0.4, -0.2) is 36.1 Å². The Hall–Kier alpha value is -3.88. The van der Waals surface area contributed by atoms with Crippen LogP contribution < -0.4 is 5.32 Å². The molecule has 0 unspecified atom stereocenters. The first kappa shape index (κ1) is 18.2. The van der Waals surface area contributed by atoms with Crippen LogP contribution in [0.1, 0.15) is 11.3 Å². The first-order valence-corrected chi connectivity index (χ1v) is 9.42. The van der Waals surface area contributed by atoms with E-state index in [4.69, 9.17) is 0 Å². The number of pyridine rings is 1. The van der Waals surface area contributed by atoms with Crippen LogP contribution in [0.15, 0.2) is 48.9 Å². The summed E-state index contributed by atoms with van der Waals surface area (Å²) < 4.78 is 29.2. The number of anilines is 1. The zero-order chi connectivity index (χ0) is 20.7. The number of para-hydroxylation sites is 1. The summed E-state index contributed by atoms with van der Waals surface area (Å²) in [7, 11) is 0. The van der Waals surface area contributed by atoms with Gasteiger partial charge in [0.25, 0.3) is 0 Å². The van der Waals surface area contributed by atoms with Gasteiger partial charge in [-0.25, -0.2) is 13.8 Å². The Bertz CT molecular complexity index is 1370. The van der Waals surface area contributed by atoms with E-state index >= 15 is 0 Å². The van der Waals surface area contributed by atoms with Crippen LogP contribution in [-0.2, 0) is 6.42 Å². The van der Waals surface area contributed by atoms with Crippen molar-refractivity contribution in [3.05, 3.63) is 71.8 Å². The number of fused-ring (bicyclic) bond motifs is 2. The van der Waals surface area contributed by atoms with Crippen molar-refractivity contribution in [1.29, 1.82) is 0 Å². The number of hydrogen-bond donors (Lipinski definition) is 2. The monoisotopic (exact) mass is 405 g/mol. The fourth-order valence-electron chi connectivity index (χ4n) is 3.59. The number of H-pyrrole nitrogens is 1. The maximum Gasteiger partial charge on any atom is 0.227 e. The number of hydrogen-bond acceptors (Lipinski definition) is 5. The average molecular weight is 405 g/mol. The third-order valence-electron chi connectivity index (χ3n) is 4.98. The van der Waals surface area contributed by atoms with Crippen molar-refractivity contribution >= 4 is 22.5 Å². The van der Waals surface area contributed by atoms with Crippen molar-refractivity contribution in [2.45, 2.75) is 13.3 Å². The zero-order valence-electron chi connectivity index (χ0n) is 16.0. The van der Waals surface area contributed by atoms with Crippen molar-refractivity contribution in [1.82, 2.24) is 29.5 Å². The molecule has 30 heavy (non-hydrogen) atoms. The van der Waals surface area contributed by atoms with Gasteiger partial charge in [0, 0.05) is 35.5 Å². The number of rotatable bonds is 5. The molecule has 0 atom stereocenters. The summed E-state index contributed by atoms with van der Waals surface area (Å²) in [4.78, 5) is 15.9. The minimum absolute atomic E-state index is 0.266. The highest BCUT2D eigenvalue weighted by Crippen LogP contribution is 2.25. The van der Waals surface area contributed by atoms with Gasteiger partial charge in [-0.1, -0.05) is 12.1 Å². The molecule has 0 aliphatic carbocycles. The number of nitrogens with one attached hydrogen (secondary N) is 2. The van der Waals surface area contributed by atoms with E-state index < -0.39 is 5.82 Å². The summed E-state index contributed by atoms with van der Waals surface area (Å²) in [5.41, 5.74) is 3.54. The molecule has 0 aliphatic rings. The fraction of sp³-hybridized carbons (Fsp3) is 0.143. The van der Waals surface area contributed by atoms with Gasteiger partial charge in [0.05, 0.1) is 17.9 Å². The molecule has 0 aliphatic heterocycles. The second-order valence-corrected chi connectivity index (χ2v) is 6.93. The molecule has 4 aromatic heterocycles. The Morgan fingerprint density at radius 2 is 2.03 bits per heavy atom. The third-order valence-corrected chi connectivity index (χ3v) is 4.98. The smallest absolute Gasteiger partial charge is 0.227 e. The highest BCUT2D eigenvalue weighted by molar-refractivity contribution is 5.85. The SMILES string of the molecule is Cc1[nH]c2c(F)cccc2c1CCNc1nc(-c2cncc(F)c2)nc2ccnn12. The summed E-state index contributed by atoms with van der Waals surface area (Å²) in [6.45, 7) is 2.47. The summed E-state index contributed by atoms with van der Waals surface area (Å²) >= 11 is 0. The lowest BCUT2D eigenvalue weighted by atomic mass is 10.1. The van der Waals surface area contributed by atoms with E-state index in [0.29, 0.717) is 41.5 Å². The Labute approximate surface area is 169 Å². The predicted molar refractivity (Wildman–Crippen MR) is 109 cm³/mol. The second kappa shape index (κ2) is 7.18. The molecular formula is C21H17F2N7. The number of aryl methyl sites for hydroxylation is 1. The summed E-state index contributed by atoms with van der Waals surface area (Å²) in [5.74, 6) is 0.106. The molecular weight excluding hydrogens is 388 g/mol. The van der Waals surface area contributed by atoms with Crippen molar-refractivity contribution in [3.63, 3.8) is 0 Å². The molecule has 0 bridgehead atoms. The molecule has 0 saturated carbocycles. The van der Waals surface area contributed by atoms with Crippen LogP contribution in [0.5, 0.6) is 0 Å². The summed E-state index contributed by atoms with van der Waals surface area (Å²) in [6, 6.07) is 8.14. The van der Waals surface area contributed by atoms with Gasteiger partial charge in [-0.05, 0) is 31.0 Å². The Balaban J connectivity index is 1.44. The number of benzene rings is 1. The number of halogens is 2. The van der Waals surface area contributed by atoms with Crippen LogP contribution in [0.2, 0.25) is 0 Å². The lowest BCUT2D eigenvalue weighted by Gasteiger charge is -2.10. The topological polar surface area (TPSA) is 83.8 Å². The van der Waals surface area contributed by atoms with Gasteiger partial charge in [-0.15, -0.1) is 0 Å². The third kappa shape index (κ3) is 3.14. The second-order valence-electron chi connectivity index (χ2n) is 6.93. The minimum atomic E-state index is -0.457. The van der Waals surface area contributed by atoms with E-state index in [1.807, 2.05) is 13.0 Å². The molecule has 9 heteroatoms. The standard InChI is InChI=1S/C21H17F2N7/c1-12-15(16-3-2-4-17(23)19(16)27-12)5-7-25-21-29-20(13-9-14(22)11-24-10-13)28-18-6-8-26-30(18)21/h2-4,6,8-11,27H,5,7H2,1H3,(H,25,28,29). The average Bonchev–Trinajstić information content (AvgIpc) is 3.33. The zero-order valence-corrected chi connectivity index (χ0v) is 16.0. The Morgan fingerprint density at radius 3 is 2.90 bits per heavy atom. The van der Waals surface area contributed by atoms with Gasteiger partial charge in [-0.3, -0.25) is 4.98 Å². The van der Waals surface area contributed by atoms with E-state index in [1.165, 1.54) is 18.3 Å². The van der Waals surface area contributed by atoms with Gasteiger partial charge in [0.2, 0.25) is 5.95 Å². The van der Waals surface area contributed by atoms with Crippen LogP contribution in [0.4, 0.5) is 14.7 Å². The normalized spacial score (nSPS) is 11.4. The lowest BCUT2D eigenvalue weighted by molar-refractivity contribution is 0.622. The fourth-order valence-corrected chi connectivity index (χ4v) is 3.59. The molecule has 5 aromatic rings. The Morgan fingerprint density at radius 1 is 1.13 bits per heavy atom. The minimum Gasteiger partial charge on any atom is -0.356 e. The maximum absolute atomic E-state index is 14.0. The summed E-state index contributed by atoms with van der Waals surface area (Å²) in [6.07, 6.45) is 4.92. The van der Waals surface area contributed by atoms with Crippen LogP contribution in [0.3, 0.4) is 0 Å². The van der Waals surface area contributed by atoms with E-state index in [0.717, 1.165) is 22.8 Å². The van der Waals surface area contributed by atoms with Crippen molar-refractivity contribution in [3.8, 4) is 11.4 Å². The lowest BCUT2D eigenvalue weighted by Crippen LogP contribution is -2.12. The van der Waals surface area contributed by atoms with Gasteiger partial charge >= 0.3 is 0 Å². The number of aromatic amines is 1. The predicted octanol–water partition coefficient (Wildman–Crippen LogP) is 3.91.